The summed E-state index contributed by atoms with van der Waals surface area (Å²) in [5.74, 6) is -0.375. The van der Waals surface area contributed by atoms with Gasteiger partial charge in [0.05, 0.1) is 17.7 Å². The molecule has 0 radical (unpaired) electrons. The maximum Gasteiger partial charge on any atom is 0.255 e. The highest BCUT2D eigenvalue weighted by Crippen LogP contribution is 2.30. The monoisotopic (exact) mass is 341 g/mol. The smallest absolute Gasteiger partial charge is 0.255 e. The Morgan fingerprint density at radius 3 is 2.90 bits per heavy atom. The van der Waals surface area contributed by atoms with Crippen molar-refractivity contribution in [3.63, 3.8) is 0 Å². The topological polar surface area (TPSA) is 29.5 Å². The molecule has 0 spiro atoms. The van der Waals surface area contributed by atoms with E-state index >= 15 is 0 Å². The molecule has 5 heteroatoms. The Morgan fingerprint density at radius 2 is 2.20 bits per heavy atom. The molecule has 20 heavy (non-hydrogen) atoms. The third kappa shape index (κ3) is 2.61. The molecule has 2 aliphatic rings. The molecule has 2 atom stereocenters. The van der Waals surface area contributed by atoms with Crippen molar-refractivity contribution in [3.05, 3.63) is 34.1 Å². The van der Waals surface area contributed by atoms with Crippen LogP contribution in [0.25, 0.3) is 0 Å². The number of benzene rings is 1. The summed E-state index contributed by atoms with van der Waals surface area (Å²) in [4.78, 5) is 14.6. The first-order valence-electron chi connectivity index (χ1n) is 7.04. The molecule has 0 saturated carbocycles. The number of nitrogens with zero attached hydrogens (tertiary/aromatic N) is 1. The second-order valence-electron chi connectivity index (χ2n) is 5.38. The first kappa shape index (κ1) is 14.0. The van der Waals surface area contributed by atoms with E-state index in [1.807, 2.05) is 4.90 Å². The van der Waals surface area contributed by atoms with Crippen LogP contribution in [0, 0.1) is 5.82 Å². The summed E-state index contributed by atoms with van der Waals surface area (Å²) in [6.45, 7) is 1.55. The summed E-state index contributed by atoms with van der Waals surface area (Å²) in [5.41, 5.74) is 0.524. The minimum absolute atomic E-state index is 0.0325. The molecule has 3 rings (SSSR count). The van der Waals surface area contributed by atoms with Gasteiger partial charge in [0, 0.05) is 17.6 Å². The highest BCUT2D eigenvalue weighted by Gasteiger charge is 2.37. The molecule has 3 nitrogen and oxygen atoms in total. The molecule has 0 aliphatic carbocycles. The predicted molar refractivity (Wildman–Crippen MR) is 77.1 cm³/mol. The lowest BCUT2D eigenvalue weighted by molar-refractivity contribution is 0.0340. The Hall–Kier alpha value is -0.940. The van der Waals surface area contributed by atoms with Gasteiger partial charge in [-0.25, -0.2) is 4.39 Å². The van der Waals surface area contributed by atoms with Gasteiger partial charge in [-0.1, -0.05) is 0 Å². The predicted octanol–water partition coefficient (Wildman–Crippen LogP) is 3.37. The molecule has 108 valence electrons. The molecule has 0 N–H and O–H groups in total. The van der Waals surface area contributed by atoms with Gasteiger partial charge in [0.2, 0.25) is 0 Å². The van der Waals surface area contributed by atoms with Crippen LogP contribution in [0.1, 0.15) is 36.0 Å². The van der Waals surface area contributed by atoms with Crippen LogP contribution >= 0.6 is 15.9 Å². The first-order chi connectivity index (χ1) is 9.66. The third-order valence-electron chi connectivity index (χ3n) is 4.12. The van der Waals surface area contributed by atoms with Crippen molar-refractivity contribution in [2.75, 3.05) is 13.2 Å². The number of halogens is 2. The molecule has 1 amide bonds. The van der Waals surface area contributed by atoms with E-state index in [9.17, 15) is 9.18 Å². The maximum absolute atomic E-state index is 13.1. The molecule has 1 aromatic rings. The van der Waals surface area contributed by atoms with E-state index in [0.29, 0.717) is 10.0 Å². The second kappa shape index (κ2) is 5.82. The first-order valence-corrected chi connectivity index (χ1v) is 7.84. The van der Waals surface area contributed by atoms with Gasteiger partial charge in [-0.15, -0.1) is 0 Å². The highest BCUT2D eigenvalue weighted by molar-refractivity contribution is 9.10. The number of amides is 1. The van der Waals surface area contributed by atoms with E-state index in [0.717, 1.165) is 38.8 Å². The zero-order valence-electron chi connectivity index (χ0n) is 11.1. The van der Waals surface area contributed by atoms with E-state index in [-0.39, 0.29) is 23.9 Å². The lowest BCUT2D eigenvalue weighted by Crippen LogP contribution is -2.42. The Labute approximate surface area is 126 Å². The number of rotatable bonds is 2. The van der Waals surface area contributed by atoms with Crippen molar-refractivity contribution >= 4 is 21.8 Å². The standard InChI is InChI=1S/C15H17BrFNO2/c16-12-9-10(17)5-6-11(12)15(19)18-7-1-3-13(18)14-4-2-8-20-14/h5-6,9,13-14H,1-4,7-8H2. The number of likely N-dealkylation sites (tertiary alicyclic amines) is 1. The van der Waals surface area contributed by atoms with Crippen LogP contribution in [0.2, 0.25) is 0 Å². The van der Waals surface area contributed by atoms with Crippen LogP contribution < -0.4 is 0 Å². The summed E-state index contributed by atoms with van der Waals surface area (Å²) >= 11 is 3.28. The minimum Gasteiger partial charge on any atom is -0.376 e. The Morgan fingerprint density at radius 1 is 1.35 bits per heavy atom. The maximum atomic E-state index is 13.1. The van der Waals surface area contributed by atoms with Crippen molar-refractivity contribution in [3.8, 4) is 0 Å². The summed E-state index contributed by atoms with van der Waals surface area (Å²) in [5, 5.41) is 0. The van der Waals surface area contributed by atoms with Crippen LogP contribution in [-0.2, 0) is 4.74 Å². The average molecular weight is 342 g/mol. The van der Waals surface area contributed by atoms with E-state index in [2.05, 4.69) is 15.9 Å². The third-order valence-corrected chi connectivity index (χ3v) is 4.77. The normalized spacial score (nSPS) is 26.2. The van der Waals surface area contributed by atoms with Crippen molar-refractivity contribution in [1.29, 1.82) is 0 Å². The summed E-state index contributed by atoms with van der Waals surface area (Å²) in [7, 11) is 0. The number of carbonyl (C=O) groups excluding carboxylic acids is 1. The van der Waals surface area contributed by atoms with Crippen LogP contribution in [0.3, 0.4) is 0 Å². The minimum atomic E-state index is -0.342. The largest absolute Gasteiger partial charge is 0.376 e. The van der Waals surface area contributed by atoms with E-state index < -0.39 is 0 Å². The zero-order chi connectivity index (χ0) is 14.1. The lowest BCUT2D eigenvalue weighted by Gasteiger charge is -2.29. The molecule has 2 saturated heterocycles. The van der Waals surface area contributed by atoms with Gasteiger partial charge >= 0.3 is 0 Å². The van der Waals surface area contributed by atoms with Gasteiger partial charge in [0.25, 0.3) is 5.91 Å². The van der Waals surface area contributed by atoms with Crippen LogP contribution in [0.15, 0.2) is 22.7 Å². The number of ether oxygens (including phenoxy) is 1. The molecule has 2 heterocycles. The van der Waals surface area contributed by atoms with E-state index in [1.165, 1.54) is 12.1 Å². The molecular formula is C15H17BrFNO2. The van der Waals surface area contributed by atoms with Gasteiger partial charge in [-0.2, -0.15) is 0 Å². The van der Waals surface area contributed by atoms with Gasteiger partial charge in [0.15, 0.2) is 0 Å². The molecule has 0 bridgehead atoms. The van der Waals surface area contributed by atoms with Crippen LogP contribution in [-0.4, -0.2) is 36.1 Å². The van der Waals surface area contributed by atoms with E-state index in [4.69, 9.17) is 4.74 Å². The number of hydrogen-bond donors (Lipinski definition) is 0. The summed E-state index contributed by atoms with van der Waals surface area (Å²) in [6, 6.07) is 4.38. The average Bonchev–Trinajstić information content (AvgIpc) is 3.09. The van der Waals surface area contributed by atoms with Crippen LogP contribution in [0.4, 0.5) is 4.39 Å². The van der Waals surface area contributed by atoms with Crippen LogP contribution in [0.5, 0.6) is 0 Å². The molecule has 2 aliphatic heterocycles. The fraction of sp³-hybridized carbons (Fsp3) is 0.533. The summed E-state index contributed by atoms with van der Waals surface area (Å²) < 4.78 is 19.4. The van der Waals surface area contributed by atoms with E-state index in [1.54, 1.807) is 6.07 Å². The SMILES string of the molecule is O=C(c1ccc(F)cc1Br)N1CCCC1C1CCCO1. The summed E-state index contributed by atoms with van der Waals surface area (Å²) in [6.07, 6.45) is 4.27. The van der Waals surface area contributed by atoms with Crippen molar-refractivity contribution in [1.82, 2.24) is 4.90 Å². The Kier molecular flexibility index (Phi) is 4.08. The number of hydrogen-bond acceptors (Lipinski definition) is 2. The molecule has 2 unspecified atom stereocenters. The van der Waals surface area contributed by atoms with Gasteiger partial charge < -0.3 is 9.64 Å². The van der Waals surface area contributed by atoms with Crippen molar-refractivity contribution < 1.29 is 13.9 Å². The highest BCUT2D eigenvalue weighted by atomic mass is 79.9. The fourth-order valence-corrected chi connectivity index (χ4v) is 3.68. The fourth-order valence-electron chi connectivity index (χ4n) is 3.15. The Bertz CT molecular complexity index is 517. The van der Waals surface area contributed by atoms with Gasteiger partial charge in [-0.05, 0) is 59.8 Å². The Balaban J connectivity index is 1.81. The quantitative estimate of drug-likeness (QED) is 0.825. The lowest BCUT2D eigenvalue weighted by atomic mass is 10.0. The van der Waals surface area contributed by atoms with Crippen molar-refractivity contribution in [2.24, 2.45) is 0 Å². The second-order valence-corrected chi connectivity index (χ2v) is 6.24. The van der Waals surface area contributed by atoms with Gasteiger partial charge in [0.1, 0.15) is 5.82 Å². The van der Waals surface area contributed by atoms with Crippen molar-refractivity contribution in [2.45, 2.75) is 37.8 Å². The molecule has 0 aromatic heterocycles. The molecule has 1 aromatic carbocycles. The molecule has 2 fully saturated rings. The van der Waals surface area contributed by atoms with Gasteiger partial charge in [-0.3, -0.25) is 4.79 Å². The zero-order valence-corrected chi connectivity index (χ0v) is 12.7. The molecular weight excluding hydrogens is 325 g/mol. The number of carbonyl (C=O) groups is 1.